The largest absolute Gasteiger partial charge is 0.379 e. The maximum atomic E-state index is 12.9. The van der Waals surface area contributed by atoms with Gasteiger partial charge in [0.1, 0.15) is 4.90 Å². The summed E-state index contributed by atoms with van der Waals surface area (Å²) in [5, 5.41) is 0. The maximum absolute atomic E-state index is 12.9. The number of rotatable bonds is 5. The fourth-order valence-electron chi connectivity index (χ4n) is 2.64. The maximum Gasteiger partial charge on any atom is 0.295 e. The molecule has 1 saturated heterocycles. The van der Waals surface area contributed by atoms with E-state index in [4.69, 9.17) is 4.74 Å². The smallest absolute Gasteiger partial charge is 0.295 e. The Kier molecular flexibility index (Phi) is 7.01. The highest BCUT2D eigenvalue weighted by atomic mass is 32.2. The first kappa shape index (κ1) is 21.1. The van der Waals surface area contributed by atoms with Gasteiger partial charge in [0.25, 0.3) is 10.1 Å². The summed E-state index contributed by atoms with van der Waals surface area (Å²) in [7, 11) is -4.38. The molecule has 0 aliphatic carbocycles. The molecule has 1 aromatic carbocycles. The van der Waals surface area contributed by atoms with Gasteiger partial charge in [0.2, 0.25) is 0 Å². The van der Waals surface area contributed by atoms with E-state index in [-0.39, 0.29) is 23.7 Å². The topological polar surface area (TPSA) is 83.9 Å². The lowest BCUT2D eigenvalue weighted by molar-refractivity contribution is -0.00430. The molecule has 0 radical (unpaired) electrons. The number of thioether (sulfide) groups is 1. The van der Waals surface area contributed by atoms with Crippen molar-refractivity contribution in [2.45, 2.75) is 36.6 Å². The quantitative estimate of drug-likeness (QED) is 0.481. The third-order valence-electron chi connectivity index (χ3n) is 4.06. The highest BCUT2D eigenvalue weighted by molar-refractivity contribution is 7.99. The van der Waals surface area contributed by atoms with Gasteiger partial charge >= 0.3 is 0 Å². The van der Waals surface area contributed by atoms with Gasteiger partial charge in [-0.05, 0) is 32.2 Å². The highest BCUT2D eigenvalue weighted by Gasteiger charge is 2.36. The monoisotopic (exact) mass is 375 g/mol. The van der Waals surface area contributed by atoms with Crippen LogP contribution in [0.2, 0.25) is 0 Å². The van der Waals surface area contributed by atoms with Crippen LogP contribution >= 0.6 is 11.8 Å². The molecule has 0 aromatic heterocycles. The van der Waals surface area contributed by atoms with Crippen LogP contribution in [0, 0.1) is 0 Å². The molecule has 24 heavy (non-hydrogen) atoms. The molecule has 0 unspecified atom stereocenters. The summed E-state index contributed by atoms with van der Waals surface area (Å²) in [5.74, 6) is -0.183. The van der Waals surface area contributed by atoms with Crippen molar-refractivity contribution < 1.29 is 22.5 Å². The number of carbonyl (C=O) groups is 1. The number of nitrogens with zero attached hydrogens (tertiary/aromatic N) is 1. The Morgan fingerprint density at radius 1 is 1.29 bits per heavy atom. The SMILES string of the molecule is C.CSc1ccc(C(=O)C(C)(C)N2CCOCC2)cc1S(=O)(=O)O. The number of hydrogen-bond donors (Lipinski definition) is 1. The van der Waals surface area contributed by atoms with Gasteiger partial charge in [-0.1, -0.05) is 13.5 Å². The summed E-state index contributed by atoms with van der Waals surface area (Å²) in [4.78, 5) is 15.1. The Bertz CT molecular complexity index is 694. The van der Waals surface area contributed by atoms with Crippen LogP contribution in [0.5, 0.6) is 0 Å². The summed E-state index contributed by atoms with van der Waals surface area (Å²) in [6, 6.07) is 4.41. The zero-order chi connectivity index (χ0) is 17.3. The normalized spacial score (nSPS) is 16.5. The Hall–Kier alpha value is -0.930. The molecule has 1 aliphatic rings. The molecule has 1 aromatic rings. The number of benzene rings is 1. The molecule has 1 aliphatic heterocycles. The van der Waals surface area contributed by atoms with Gasteiger partial charge in [-0.25, -0.2) is 0 Å². The molecule has 0 spiro atoms. The predicted molar refractivity (Wildman–Crippen MR) is 95.6 cm³/mol. The van der Waals surface area contributed by atoms with E-state index in [9.17, 15) is 17.8 Å². The molecule has 1 N–H and O–H groups in total. The van der Waals surface area contributed by atoms with Crippen LogP contribution in [0.25, 0.3) is 0 Å². The first-order chi connectivity index (χ1) is 10.7. The van der Waals surface area contributed by atoms with Gasteiger partial charge in [0.15, 0.2) is 5.78 Å². The Morgan fingerprint density at radius 2 is 1.88 bits per heavy atom. The summed E-state index contributed by atoms with van der Waals surface area (Å²) < 4.78 is 37.8. The fourth-order valence-corrected chi connectivity index (χ4v) is 4.27. The number of morpholine rings is 1. The number of carbonyl (C=O) groups excluding carboxylic acids is 1. The average Bonchev–Trinajstić information content (AvgIpc) is 2.53. The molecule has 136 valence electrons. The number of ketones is 1. The van der Waals surface area contributed by atoms with Crippen molar-refractivity contribution in [3.63, 3.8) is 0 Å². The van der Waals surface area contributed by atoms with Crippen LogP contribution in [0.15, 0.2) is 28.0 Å². The second-order valence-electron chi connectivity index (χ2n) is 5.83. The van der Waals surface area contributed by atoms with E-state index in [1.165, 1.54) is 17.8 Å². The van der Waals surface area contributed by atoms with E-state index < -0.39 is 15.7 Å². The molecular formula is C16H25NO5S2. The Morgan fingerprint density at radius 3 is 2.38 bits per heavy atom. The van der Waals surface area contributed by atoms with Gasteiger partial charge in [0, 0.05) is 23.5 Å². The third kappa shape index (κ3) is 4.37. The van der Waals surface area contributed by atoms with Crippen LogP contribution < -0.4 is 0 Å². The average molecular weight is 376 g/mol. The van der Waals surface area contributed by atoms with Crippen LogP contribution in [0.1, 0.15) is 31.6 Å². The lowest BCUT2D eigenvalue weighted by Crippen LogP contribution is -2.54. The summed E-state index contributed by atoms with van der Waals surface area (Å²) >= 11 is 1.20. The number of hydrogen-bond acceptors (Lipinski definition) is 6. The molecule has 8 heteroatoms. The Labute approximate surface area is 148 Å². The van der Waals surface area contributed by atoms with Gasteiger partial charge in [-0.2, -0.15) is 8.42 Å². The lowest BCUT2D eigenvalue weighted by atomic mass is 9.91. The summed E-state index contributed by atoms with van der Waals surface area (Å²) in [6.45, 7) is 6.06. The minimum absolute atomic E-state index is 0. The van der Waals surface area contributed by atoms with Crippen LogP contribution in [-0.2, 0) is 14.9 Å². The molecule has 1 heterocycles. The van der Waals surface area contributed by atoms with E-state index in [1.807, 2.05) is 18.7 Å². The molecular weight excluding hydrogens is 350 g/mol. The van der Waals surface area contributed by atoms with Gasteiger partial charge in [0.05, 0.1) is 18.8 Å². The minimum Gasteiger partial charge on any atom is -0.379 e. The molecule has 6 nitrogen and oxygen atoms in total. The van der Waals surface area contributed by atoms with Gasteiger partial charge in [-0.15, -0.1) is 11.8 Å². The van der Waals surface area contributed by atoms with Crippen molar-refractivity contribution in [3.8, 4) is 0 Å². The number of ether oxygens (including phenoxy) is 1. The van der Waals surface area contributed by atoms with E-state index in [2.05, 4.69) is 0 Å². The van der Waals surface area contributed by atoms with Crippen molar-refractivity contribution in [2.75, 3.05) is 32.6 Å². The third-order valence-corrected chi connectivity index (χ3v) is 5.88. The standard InChI is InChI=1S/C15H21NO5S2.CH4/c1-15(2,16-6-8-21-9-7-16)14(17)11-4-5-12(22-3)13(10-11)23(18,19)20;/h4-5,10H,6-9H2,1-3H3,(H,18,19,20);1H4. The first-order valence-corrected chi connectivity index (χ1v) is 9.87. The van der Waals surface area contributed by atoms with Crippen molar-refractivity contribution in [3.05, 3.63) is 23.8 Å². The fraction of sp³-hybridized carbons (Fsp3) is 0.562. The molecule has 0 atom stereocenters. The zero-order valence-corrected chi connectivity index (χ0v) is 15.0. The highest BCUT2D eigenvalue weighted by Crippen LogP contribution is 2.28. The zero-order valence-electron chi connectivity index (χ0n) is 13.4. The van der Waals surface area contributed by atoms with Crippen molar-refractivity contribution >= 4 is 27.7 Å². The molecule has 0 bridgehead atoms. The first-order valence-electron chi connectivity index (χ1n) is 7.21. The van der Waals surface area contributed by atoms with E-state index in [0.29, 0.717) is 31.2 Å². The van der Waals surface area contributed by atoms with Crippen molar-refractivity contribution in [2.24, 2.45) is 0 Å². The second kappa shape index (κ2) is 7.97. The van der Waals surface area contributed by atoms with E-state index in [0.717, 1.165) is 0 Å². The molecule has 0 saturated carbocycles. The van der Waals surface area contributed by atoms with Crippen LogP contribution in [0.4, 0.5) is 0 Å². The van der Waals surface area contributed by atoms with E-state index >= 15 is 0 Å². The van der Waals surface area contributed by atoms with Gasteiger partial charge in [-0.3, -0.25) is 14.2 Å². The summed E-state index contributed by atoms with van der Waals surface area (Å²) in [5.41, 5.74) is -0.506. The second-order valence-corrected chi connectivity index (χ2v) is 8.07. The predicted octanol–water partition coefficient (Wildman–Crippen LogP) is 2.58. The molecule has 2 rings (SSSR count). The van der Waals surface area contributed by atoms with Crippen molar-refractivity contribution in [1.82, 2.24) is 4.90 Å². The van der Waals surface area contributed by atoms with Gasteiger partial charge < -0.3 is 4.74 Å². The van der Waals surface area contributed by atoms with Crippen molar-refractivity contribution in [1.29, 1.82) is 0 Å². The van der Waals surface area contributed by atoms with Crippen LogP contribution in [0.3, 0.4) is 0 Å². The van der Waals surface area contributed by atoms with E-state index in [1.54, 1.807) is 18.4 Å². The minimum atomic E-state index is -4.38. The lowest BCUT2D eigenvalue weighted by Gasteiger charge is -2.39. The number of Topliss-reactive ketones (excluding diaryl/α,β-unsaturated/α-hetero) is 1. The Balaban J connectivity index is 0.00000288. The molecule has 1 fully saturated rings. The van der Waals surface area contributed by atoms with Crippen LogP contribution in [-0.4, -0.2) is 61.8 Å². The molecule has 0 amide bonds. The summed E-state index contributed by atoms with van der Waals surface area (Å²) in [6.07, 6.45) is 1.71.